The highest BCUT2D eigenvalue weighted by atomic mass is 19.1. The number of carbonyl (C=O) groups is 1. The van der Waals surface area contributed by atoms with E-state index in [4.69, 9.17) is 30.5 Å². The highest BCUT2D eigenvalue weighted by molar-refractivity contribution is 5.95. The quantitative estimate of drug-likeness (QED) is 0.143. The largest absolute Gasteiger partial charge is 0.497 e. The zero-order chi connectivity index (χ0) is 29.2. The van der Waals surface area contributed by atoms with Gasteiger partial charge in [-0.1, -0.05) is 0 Å². The Morgan fingerprint density at radius 2 is 1.98 bits per heavy atom. The van der Waals surface area contributed by atoms with Gasteiger partial charge in [-0.2, -0.15) is 4.68 Å². The highest BCUT2D eigenvalue weighted by Gasteiger charge is 2.27. The van der Waals surface area contributed by atoms with Crippen LogP contribution >= 0.6 is 0 Å². The number of aromatic nitrogens is 5. The molecule has 0 radical (unpaired) electrons. The number of ether oxygens (including phenoxy) is 2. The molecule has 1 atom stereocenters. The summed E-state index contributed by atoms with van der Waals surface area (Å²) in [6, 6.07) is 8.16. The van der Waals surface area contributed by atoms with Gasteiger partial charge in [0.05, 0.1) is 13.3 Å². The van der Waals surface area contributed by atoms with Crippen molar-refractivity contribution in [1.82, 2.24) is 24.7 Å². The number of carboxylic acid groups (broad SMARTS) is 1. The third kappa shape index (κ3) is 7.37. The Morgan fingerprint density at radius 3 is 2.55 bits per heavy atom. The first-order chi connectivity index (χ1) is 19.1. The maximum absolute atomic E-state index is 15.6. The van der Waals surface area contributed by atoms with Crippen molar-refractivity contribution < 1.29 is 28.2 Å². The fraction of sp³-hybridized carbons (Fsp3) is 0.200. The number of hydrogen-bond acceptors (Lipinski definition) is 9. The molecule has 0 fully saturated rings. The molecule has 210 valence electrons. The van der Waals surface area contributed by atoms with Crippen molar-refractivity contribution in [3.8, 4) is 17.3 Å². The van der Waals surface area contributed by atoms with Crippen LogP contribution in [0.25, 0.3) is 5.82 Å². The van der Waals surface area contributed by atoms with Crippen LogP contribution in [0.3, 0.4) is 0 Å². The van der Waals surface area contributed by atoms with Crippen molar-refractivity contribution in [2.75, 3.05) is 25.7 Å². The number of nitrogens with zero attached hydrogens (tertiary/aromatic N) is 4. The number of methoxy groups -OCH3 is 1. The average Bonchev–Trinajstić information content (AvgIpc) is 3.33. The van der Waals surface area contributed by atoms with E-state index >= 15 is 4.39 Å². The lowest BCUT2D eigenvalue weighted by Gasteiger charge is -2.21. The molecule has 0 bridgehead atoms. The molecule has 2 heterocycles. The van der Waals surface area contributed by atoms with E-state index in [9.17, 15) is 9.18 Å². The van der Waals surface area contributed by atoms with Crippen LogP contribution in [0.5, 0.6) is 11.5 Å². The molecule has 6 N–H and O–H groups in total. The van der Waals surface area contributed by atoms with Crippen molar-refractivity contribution >= 4 is 17.5 Å². The zero-order valence-corrected chi connectivity index (χ0v) is 21.4. The molecule has 4 rings (SSSR count). The summed E-state index contributed by atoms with van der Waals surface area (Å²) >= 11 is 0. The molecule has 0 aliphatic heterocycles. The van der Waals surface area contributed by atoms with Gasteiger partial charge in [-0.05, 0) is 30.3 Å². The Morgan fingerprint density at radius 1 is 1.27 bits per heavy atom. The van der Waals surface area contributed by atoms with Gasteiger partial charge in [0, 0.05) is 42.2 Å². The van der Waals surface area contributed by atoms with E-state index in [2.05, 4.69) is 25.4 Å². The predicted octanol–water partition coefficient (Wildman–Crippen LogP) is 2.42. The minimum Gasteiger partial charge on any atom is -0.497 e. The molecular weight excluding hydrogens is 530 g/mol. The number of nitrogen functional groups attached to an aromatic ring is 1. The second kappa shape index (κ2) is 13.5. The van der Waals surface area contributed by atoms with Gasteiger partial charge in [0.25, 0.3) is 5.97 Å². The van der Waals surface area contributed by atoms with Crippen molar-refractivity contribution in [1.29, 1.82) is 5.41 Å². The number of aliphatic carboxylic acids is 1. The summed E-state index contributed by atoms with van der Waals surface area (Å²) in [5.41, 5.74) is 5.92. The number of benzene rings is 2. The third-order valence-corrected chi connectivity index (χ3v) is 5.10. The Balaban J connectivity index is 0.00000103. The van der Waals surface area contributed by atoms with Crippen LogP contribution in [0.15, 0.2) is 59.8 Å². The number of aromatic amines is 1. The zero-order valence-electron chi connectivity index (χ0n) is 21.4. The van der Waals surface area contributed by atoms with Gasteiger partial charge in [-0.3, -0.25) is 20.2 Å². The van der Waals surface area contributed by atoms with Crippen LogP contribution in [0.2, 0.25) is 0 Å². The average molecular weight is 557 g/mol. The summed E-state index contributed by atoms with van der Waals surface area (Å²) < 4.78 is 39.9. The lowest BCUT2D eigenvalue weighted by Crippen LogP contribution is -2.18. The molecular formula is C25H26F2N8O5. The van der Waals surface area contributed by atoms with E-state index in [1.165, 1.54) is 37.8 Å². The van der Waals surface area contributed by atoms with Crippen LogP contribution in [0.4, 0.5) is 14.5 Å². The van der Waals surface area contributed by atoms with E-state index in [1.807, 2.05) is 0 Å². The number of carboxylic acids is 1. The maximum atomic E-state index is 15.6. The maximum Gasteiger partial charge on any atom is 0.349 e. The van der Waals surface area contributed by atoms with E-state index in [0.29, 0.717) is 11.3 Å². The normalized spacial score (nSPS) is 11.1. The van der Waals surface area contributed by atoms with Crippen LogP contribution in [-0.4, -0.2) is 62.0 Å². The van der Waals surface area contributed by atoms with E-state index in [0.717, 1.165) is 11.6 Å². The summed E-state index contributed by atoms with van der Waals surface area (Å²) in [5, 5.41) is 22.4. The first-order valence-electron chi connectivity index (χ1n) is 11.6. The first kappa shape index (κ1) is 29.2. The molecule has 13 nitrogen and oxygen atoms in total. The smallest absolute Gasteiger partial charge is 0.349 e. The van der Waals surface area contributed by atoms with Gasteiger partial charge in [-0.25, -0.2) is 18.6 Å². The van der Waals surface area contributed by atoms with Gasteiger partial charge in [0.15, 0.2) is 23.2 Å². The first-order valence-corrected chi connectivity index (χ1v) is 11.6. The molecule has 4 aromatic rings. The van der Waals surface area contributed by atoms with Gasteiger partial charge in [0.2, 0.25) is 0 Å². The van der Waals surface area contributed by atoms with Gasteiger partial charge in [0.1, 0.15) is 30.9 Å². The molecule has 0 saturated carbocycles. The number of rotatable bonds is 10. The van der Waals surface area contributed by atoms with Crippen LogP contribution < -0.4 is 26.2 Å². The molecule has 0 saturated heterocycles. The monoisotopic (exact) mass is 556 g/mol. The number of nitrogens with one attached hydrogen (secondary N) is 3. The topological polar surface area (TPSA) is 194 Å². The molecule has 0 aliphatic rings. The van der Waals surface area contributed by atoms with Crippen LogP contribution in [0, 0.1) is 11.2 Å². The molecule has 0 spiro atoms. The van der Waals surface area contributed by atoms with E-state index in [1.54, 1.807) is 24.3 Å². The summed E-state index contributed by atoms with van der Waals surface area (Å²) in [6.07, 6.45) is 4.20. The van der Waals surface area contributed by atoms with Crippen molar-refractivity contribution in [2.45, 2.75) is 13.0 Å². The number of nitrogens with two attached hydrogens (primary N) is 1. The fourth-order valence-corrected chi connectivity index (χ4v) is 3.41. The van der Waals surface area contributed by atoms with Crippen LogP contribution in [-0.2, 0) is 4.79 Å². The van der Waals surface area contributed by atoms with Crippen molar-refractivity contribution in [3.63, 3.8) is 0 Å². The van der Waals surface area contributed by atoms with E-state index < -0.39 is 30.2 Å². The minimum atomic E-state index is -1.05. The summed E-state index contributed by atoms with van der Waals surface area (Å²) in [5.74, 6) is -1.51. The predicted molar refractivity (Wildman–Crippen MR) is 140 cm³/mol. The molecule has 15 heteroatoms. The van der Waals surface area contributed by atoms with E-state index in [-0.39, 0.29) is 41.1 Å². The molecule has 1 unspecified atom stereocenters. The second-order valence-corrected chi connectivity index (χ2v) is 7.94. The Bertz CT molecular complexity index is 1510. The summed E-state index contributed by atoms with van der Waals surface area (Å²) in [7, 11) is 1.39. The minimum absolute atomic E-state index is 0.0129. The number of H-pyrrole nitrogens is 1. The molecule has 0 amide bonds. The standard InChI is InChI=1S/C23H22F2N8O3.C2H4O2/c1-35-15-10-16(19(25)17(11-15)36-9-6-24)20(30-14-4-2-13(3-5-14)21(26)27)22-31-23(34)33(32-22)18-12-28-7-8-29-18;1-2(3)4/h2-5,7-8,10-12,20,30H,6,9H2,1H3,(H3,26,27)(H,31,32,34);1H3,(H,3,4). The van der Waals surface area contributed by atoms with Crippen molar-refractivity contribution in [3.05, 3.63) is 88.2 Å². The Kier molecular flexibility index (Phi) is 9.83. The number of hydrogen-bond donors (Lipinski definition) is 5. The second-order valence-electron chi connectivity index (χ2n) is 7.94. The summed E-state index contributed by atoms with van der Waals surface area (Å²) in [4.78, 5) is 32.3. The molecule has 2 aromatic carbocycles. The Hall–Kier alpha value is -5.34. The van der Waals surface area contributed by atoms with Gasteiger partial charge >= 0.3 is 5.69 Å². The molecule has 40 heavy (non-hydrogen) atoms. The number of halogens is 2. The Labute approximate surface area is 226 Å². The lowest BCUT2D eigenvalue weighted by molar-refractivity contribution is -0.134. The fourth-order valence-electron chi connectivity index (χ4n) is 3.41. The number of alkyl halides is 1. The highest BCUT2D eigenvalue weighted by Crippen LogP contribution is 2.35. The summed E-state index contributed by atoms with van der Waals surface area (Å²) in [6.45, 7) is -0.0851. The molecule has 0 aliphatic carbocycles. The number of amidine groups is 1. The molecule has 2 aromatic heterocycles. The third-order valence-electron chi connectivity index (χ3n) is 5.10. The van der Waals surface area contributed by atoms with Gasteiger partial charge < -0.3 is 25.6 Å². The number of anilines is 1. The SMILES string of the molecule is CC(=O)O.COc1cc(OCCF)c(F)c(C(Nc2ccc(C(=N)N)cc2)c2nn(-c3cnccn3)c(=O)[nH]2)c1. The lowest BCUT2D eigenvalue weighted by atomic mass is 10.0. The van der Waals surface area contributed by atoms with Crippen LogP contribution in [0.1, 0.15) is 29.9 Å². The van der Waals surface area contributed by atoms with Gasteiger partial charge in [-0.15, -0.1) is 5.10 Å². The van der Waals surface area contributed by atoms with Crippen molar-refractivity contribution in [2.24, 2.45) is 5.73 Å².